The molecule has 1 heterocycles. The third-order valence-corrected chi connectivity index (χ3v) is 5.16. The van der Waals surface area contributed by atoms with Crippen LogP contribution in [0.2, 0.25) is 0 Å². The van der Waals surface area contributed by atoms with Crippen molar-refractivity contribution in [2.45, 2.75) is 25.3 Å². The fourth-order valence-electron chi connectivity index (χ4n) is 3.52. The highest BCUT2D eigenvalue weighted by Gasteiger charge is 2.34. The predicted molar refractivity (Wildman–Crippen MR) is 114 cm³/mol. The van der Waals surface area contributed by atoms with Gasteiger partial charge in [-0.1, -0.05) is 6.07 Å². The smallest absolute Gasteiger partial charge is 0.270 e. The monoisotopic (exact) mass is 442 g/mol. The number of nitrogens with one attached hydrogen (secondary N) is 2. The lowest BCUT2D eigenvalue weighted by Crippen LogP contribution is -2.46. The lowest BCUT2D eigenvalue weighted by molar-refractivity contribution is -0.384. The molecule has 0 unspecified atom stereocenters. The SMILES string of the molecule is O=C(NCCCNC(=O)[C@@H]1CCCN1C(=O)c1cccc([N+](=O)[O-])c1)c1ccc(F)cc1. The molecular weight excluding hydrogens is 419 g/mol. The predicted octanol–water partition coefficient (Wildman–Crippen LogP) is 2.27. The first-order chi connectivity index (χ1) is 15.4. The molecule has 1 atom stereocenters. The van der Waals surface area contributed by atoms with Crippen LogP contribution in [0.25, 0.3) is 0 Å². The van der Waals surface area contributed by atoms with Crippen molar-refractivity contribution in [1.82, 2.24) is 15.5 Å². The van der Waals surface area contributed by atoms with Gasteiger partial charge in [0.15, 0.2) is 0 Å². The van der Waals surface area contributed by atoms with Crippen molar-refractivity contribution >= 4 is 23.4 Å². The van der Waals surface area contributed by atoms with Crippen LogP contribution < -0.4 is 10.6 Å². The van der Waals surface area contributed by atoms with Crippen molar-refractivity contribution in [1.29, 1.82) is 0 Å². The summed E-state index contributed by atoms with van der Waals surface area (Å²) in [4.78, 5) is 49.2. The molecule has 3 amide bonds. The van der Waals surface area contributed by atoms with E-state index in [0.717, 1.165) is 0 Å². The molecule has 9 nitrogen and oxygen atoms in total. The molecule has 2 aromatic rings. The minimum Gasteiger partial charge on any atom is -0.354 e. The summed E-state index contributed by atoms with van der Waals surface area (Å²) in [5, 5.41) is 16.4. The van der Waals surface area contributed by atoms with Gasteiger partial charge in [0.05, 0.1) is 4.92 Å². The Morgan fingerprint density at radius 1 is 1.06 bits per heavy atom. The van der Waals surface area contributed by atoms with Gasteiger partial charge in [-0.2, -0.15) is 0 Å². The van der Waals surface area contributed by atoms with Crippen LogP contribution in [0.4, 0.5) is 10.1 Å². The van der Waals surface area contributed by atoms with Gasteiger partial charge in [-0.3, -0.25) is 24.5 Å². The second-order valence-corrected chi connectivity index (χ2v) is 7.37. The average molecular weight is 442 g/mol. The van der Waals surface area contributed by atoms with E-state index in [0.29, 0.717) is 44.5 Å². The van der Waals surface area contributed by atoms with Gasteiger partial charge in [-0.15, -0.1) is 0 Å². The van der Waals surface area contributed by atoms with Crippen molar-refractivity contribution in [3.63, 3.8) is 0 Å². The lowest BCUT2D eigenvalue weighted by Gasteiger charge is -2.24. The number of halogens is 1. The van der Waals surface area contributed by atoms with Gasteiger partial charge in [0.1, 0.15) is 11.9 Å². The Morgan fingerprint density at radius 3 is 2.50 bits per heavy atom. The zero-order chi connectivity index (χ0) is 23.1. The lowest BCUT2D eigenvalue weighted by atomic mass is 10.1. The van der Waals surface area contributed by atoms with Crippen LogP contribution in [-0.4, -0.2) is 53.2 Å². The fourth-order valence-corrected chi connectivity index (χ4v) is 3.52. The Morgan fingerprint density at radius 2 is 1.78 bits per heavy atom. The van der Waals surface area contributed by atoms with E-state index in [9.17, 15) is 28.9 Å². The third-order valence-electron chi connectivity index (χ3n) is 5.16. The third kappa shape index (κ3) is 5.65. The number of non-ortho nitro benzene ring substituents is 1. The molecule has 1 aliphatic heterocycles. The highest BCUT2D eigenvalue weighted by Crippen LogP contribution is 2.22. The number of rotatable bonds is 8. The van der Waals surface area contributed by atoms with E-state index in [1.165, 1.54) is 53.4 Å². The van der Waals surface area contributed by atoms with Crippen molar-refractivity contribution in [2.75, 3.05) is 19.6 Å². The molecule has 0 spiro atoms. The Balaban J connectivity index is 1.46. The summed E-state index contributed by atoms with van der Waals surface area (Å²) in [6.45, 7) is 1.02. The summed E-state index contributed by atoms with van der Waals surface area (Å²) in [7, 11) is 0. The van der Waals surface area contributed by atoms with Gasteiger partial charge in [-0.05, 0) is 49.6 Å². The van der Waals surface area contributed by atoms with Crippen molar-refractivity contribution < 1.29 is 23.7 Å². The van der Waals surface area contributed by atoms with E-state index in [1.54, 1.807) is 0 Å². The van der Waals surface area contributed by atoms with Gasteiger partial charge in [0, 0.05) is 42.9 Å². The Bertz CT molecular complexity index is 1010. The second kappa shape index (κ2) is 10.5. The molecule has 0 radical (unpaired) electrons. The highest BCUT2D eigenvalue weighted by molar-refractivity contribution is 5.98. The number of carbonyl (C=O) groups is 3. The summed E-state index contributed by atoms with van der Waals surface area (Å²) in [5.41, 5.74) is 0.331. The van der Waals surface area contributed by atoms with Crippen molar-refractivity contribution in [2.24, 2.45) is 0 Å². The zero-order valence-electron chi connectivity index (χ0n) is 17.3. The summed E-state index contributed by atoms with van der Waals surface area (Å²) >= 11 is 0. The first kappa shape index (κ1) is 22.9. The largest absolute Gasteiger partial charge is 0.354 e. The molecule has 0 saturated carbocycles. The molecule has 0 bridgehead atoms. The molecule has 32 heavy (non-hydrogen) atoms. The normalized spacial score (nSPS) is 15.3. The average Bonchev–Trinajstić information content (AvgIpc) is 3.28. The van der Waals surface area contributed by atoms with E-state index in [4.69, 9.17) is 0 Å². The number of amides is 3. The number of hydrogen-bond acceptors (Lipinski definition) is 5. The Hall–Kier alpha value is -3.82. The number of nitro benzene ring substituents is 1. The number of nitro groups is 1. The van der Waals surface area contributed by atoms with Crippen LogP contribution in [0.15, 0.2) is 48.5 Å². The van der Waals surface area contributed by atoms with E-state index in [2.05, 4.69) is 10.6 Å². The minimum atomic E-state index is -0.643. The molecule has 1 saturated heterocycles. The summed E-state index contributed by atoms with van der Waals surface area (Å²) < 4.78 is 12.9. The maximum absolute atomic E-state index is 12.9. The summed E-state index contributed by atoms with van der Waals surface area (Å²) in [5.74, 6) is -1.47. The molecule has 0 aliphatic carbocycles. The van der Waals surface area contributed by atoms with Gasteiger partial charge in [0.25, 0.3) is 17.5 Å². The fraction of sp³-hybridized carbons (Fsp3) is 0.318. The second-order valence-electron chi connectivity index (χ2n) is 7.37. The molecule has 1 fully saturated rings. The Kier molecular flexibility index (Phi) is 7.48. The summed E-state index contributed by atoms with van der Waals surface area (Å²) in [6.07, 6.45) is 1.64. The number of carbonyl (C=O) groups excluding carboxylic acids is 3. The van der Waals surface area contributed by atoms with Crippen molar-refractivity contribution in [3.05, 3.63) is 75.6 Å². The van der Waals surface area contributed by atoms with E-state index in [-0.39, 0.29) is 23.1 Å². The van der Waals surface area contributed by atoms with Crippen LogP contribution in [0, 0.1) is 15.9 Å². The van der Waals surface area contributed by atoms with Gasteiger partial charge >= 0.3 is 0 Å². The minimum absolute atomic E-state index is 0.169. The number of hydrogen-bond donors (Lipinski definition) is 2. The number of benzene rings is 2. The van der Waals surface area contributed by atoms with E-state index in [1.807, 2.05) is 0 Å². The maximum Gasteiger partial charge on any atom is 0.270 e. The molecule has 1 aliphatic rings. The molecule has 2 N–H and O–H groups in total. The van der Waals surface area contributed by atoms with Gasteiger partial charge in [0.2, 0.25) is 5.91 Å². The molecule has 0 aromatic heterocycles. The van der Waals surface area contributed by atoms with Crippen LogP contribution in [0.3, 0.4) is 0 Å². The van der Waals surface area contributed by atoms with Gasteiger partial charge < -0.3 is 15.5 Å². The standard InChI is InChI=1S/C22H23FN4O5/c23-17-9-7-15(8-10-17)20(28)24-11-3-12-25-21(29)19-6-2-13-26(19)22(30)16-4-1-5-18(14-16)27(31)32/h1,4-5,7-10,14,19H,2-3,6,11-13H2,(H,24,28)(H,25,29)/t19-/m0/s1. The van der Waals surface area contributed by atoms with E-state index >= 15 is 0 Å². The molecular formula is C22H23FN4O5. The van der Waals surface area contributed by atoms with Crippen LogP contribution >= 0.6 is 0 Å². The summed E-state index contributed by atoms with van der Waals surface area (Å²) in [6, 6.07) is 9.99. The number of nitrogens with zero attached hydrogens (tertiary/aromatic N) is 2. The molecule has 2 aromatic carbocycles. The van der Waals surface area contributed by atoms with Crippen LogP contribution in [0.1, 0.15) is 40.0 Å². The molecule has 168 valence electrons. The topological polar surface area (TPSA) is 122 Å². The maximum atomic E-state index is 12.9. The molecule has 10 heteroatoms. The first-order valence-electron chi connectivity index (χ1n) is 10.2. The zero-order valence-corrected chi connectivity index (χ0v) is 17.3. The molecule has 3 rings (SSSR count). The van der Waals surface area contributed by atoms with Gasteiger partial charge in [-0.25, -0.2) is 4.39 Å². The number of likely N-dealkylation sites (tertiary alicyclic amines) is 1. The highest BCUT2D eigenvalue weighted by atomic mass is 19.1. The Labute approximate surface area is 183 Å². The quantitative estimate of drug-likeness (QED) is 0.369. The van der Waals surface area contributed by atoms with Crippen molar-refractivity contribution in [3.8, 4) is 0 Å². The first-order valence-corrected chi connectivity index (χ1v) is 10.2. The van der Waals surface area contributed by atoms with Crippen LogP contribution in [-0.2, 0) is 4.79 Å². The van der Waals surface area contributed by atoms with E-state index < -0.39 is 22.7 Å². The van der Waals surface area contributed by atoms with Crippen LogP contribution in [0.5, 0.6) is 0 Å².